The summed E-state index contributed by atoms with van der Waals surface area (Å²) >= 11 is 6.44. The van der Waals surface area contributed by atoms with E-state index in [4.69, 9.17) is 11.6 Å². The van der Waals surface area contributed by atoms with Crippen molar-refractivity contribution in [3.05, 3.63) is 63.4 Å². The standard InChI is InChI=1S/C23H28ClFN2O/c1-23(2,3)13-21(28)18-6-4-15(12-20(18)25)14-27-22-17-9-11-26-10-8-16(17)5-7-19(22)24/h4-7,12,26-27H,8-11,13-14H2,1-3H3. The van der Waals surface area contributed by atoms with E-state index in [-0.39, 0.29) is 16.8 Å². The van der Waals surface area contributed by atoms with E-state index in [1.54, 1.807) is 6.07 Å². The van der Waals surface area contributed by atoms with Crippen LogP contribution in [0.2, 0.25) is 5.02 Å². The van der Waals surface area contributed by atoms with Crippen LogP contribution in [-0.4, -0.2) is 18.9 Å². The second kappa shape index (κ2) is 8.62. The van der Waals surface area contributed by atoms with Crippen molar-refractivity contribution in [3.8, 4) is 0 Å². The molecule has 2 aromatic rings. The number of hydrogen-bond acceptors (Lipinski definition) is 3. The minimum absolute atomic E-state index is 0.159. The van der Waals surface area contributed by atoms with Gasteiger partial charge in [-0.1, -0.05) is 44.5 Å². The number of carbonyl (C=O) groups is 1. The summed E-state index contributed by atoms with van der Waals surface area (Å²) in [5.41, 5.74) is 4.24. The molecule has 0 atom stereocenters. The Morgan fingerprint density at radius 3 is 2.64 bits per heavy atom. The average Bonchev–Trinajstić information content (AvgIpc) is 2.85. The molecule has 150 valence electrons. The Balaban J connectivity index is 1.75. The van der Waals surface area contributed by atoms with Crippen molar-refractivity contribution in [3.63, 3.8) is 0 Å². The van der Waals surface area contributed by atoms with Gasteiger partial charge >= 0.3 is 0 Å². The zero-order chi connectivity index (χ0) is 20.3. The second-order valence-corrected chi connectivity index (χ2v) is 9.05. The number of ketones is 1. The summed E-state index contributed by atoms with van der Waals surface area (Å²) in [7, 11) is 0. The molecule has 0 spiro atoms. The maximum absolute atomic E-state index is 14.5. The molecule has 1 aliphatic rings. The number of rotatable bonds is 5. The van der Waals surface area contributed by atoms with Gasteiger partial charge in [-0.2, -0.15) is 0 Å². The van der Waals surface area contributed by atoms with Crippen LogP contribution in [0.5, 0.6) is 0 Å². The van der Waals surface area contributed by atoms with E-state index in [9.17, 15) is 9.18 Å². The number of nitrogens with one attached hydrogen (secondary N) is 2. The highest BCUT2D eigenvalue weighted by molar-refractivity contribution is 6.33. The van der Waals surface area contributed by atoms with E-state index in [2.05, 4.69) is 16.7 Å². The van der Waals surface area contributed by atoms with Crippen LogP contribution < -0.4 is 10.6 Å². The third-order valence-electron chi connectivity index (χ3n) is 4.98. The lowest BCUT2D eigenvalue weighted by Gasteiger charge is -2.18. The lowest BCUT2D eigenvalue weighted by atomic mass is 9.87. The van der Waals surface area contributed by atoms with E-state index in [0.717, 1.165) is 37.2 Å². The molecular weight excluding hydrogens is 375 g/mol. The lowest BCUT2D eigenvalue weighted by molar-refractivity contribution is 0.0936. The van der Waals surface area contributed by atoms with Crippen LogP contribution in [0.1, 0.15) is 54.2 Å². The Kier molecular flexibility index (Phi) is 6.41. The molecule has 0 bridgehead atoms. The van der Waals surface area contributed by atoms with Crippen LogP contribution in [-0.2, 0) is 19.4 Å². The normalized spacial score (nSPS) is 14.3. The van der Waals surface area contributed by atoms with Gasteiger partial charge in [-0.25, -0.2) is 4.39 Å². The van der Waals surface area contributed by atoms with Crippen LogP contribution in [0.3, 0.4) is 0 Å². The zero-order valence-electron chi connectivity index (χ0n) is 16.8. The summed E-state index contributed by atoms with van der Waals surface area (Å²) < 4.78 is 14.5. The molecule has 2 aromatic carbocycles. The van der Waals surface area contributed by atoms with Crippen molar-refractivity contribution < 1.29 is 9.18 Å². The van der Waals surface area contributed by atoms with E-state index >= 15 is 0 Å². The maximum Gasteiger partial charge on any atom is 0.166 e. The van der Waals surface area contributed by atoms with Gasteiger partial charge in [0.2, 0.25) is 0 Å². The van der Waals surface area contributed by atoms with Crippen molar-refractivity contribution in [1.82, 2.24) is 5.32 Å². The number of fused-ring (bicyclic) bond motifs is 1. The fourth-order valence-electron chi connectivity index (χ4n) is 3.60. The zero-order valence-corrected chi connectivity index (χ0v) is 17.5. The molecule has 0 fully saturated rings. The van der Waals surface area contributed by atoms with E-state index in [0.29, 0.717) is 18.0 Å². The van der Waals surface area contributed by atoms with Crippen LogP contribution in [0.25, 0.3) is 0 Å². The van der Waals surface area contributed by atoms with Gasteiger partial charge in [-0.15, -0.1) is 0 Å². The predicted octanol–water partition coefficient (Wildman–Crippen LogP) is 5.40. The summed E-state index contributed by atoms with van der Waals surface area (Å²) in [6.07, 6.45) is 2.20. The Hall–Kier alpha value is -1.91. The Morgan fingerprint density at radius 2 is 1.93 bits per heavy atom. The minimum Gasteiger partial charge on any atom is -0.380 e. The Bertz CT molecular complexity index is 874. The fourth-order valence-corrected chi connectivity index (χ4v) is 3.84. The summed E-state index contributed by atoms with van der Waals surface area (Å²) in [6, 6.07) is 8.86. The number of carbonyl (C=O) groups excluding carboxylic acids is 1. The third-order valence-corrected chi connectivity index (χ3v) is 5.29. The lowest BCUT2D eigenvalue weighted by Crippen LogP contribution is -2.16. The molecule has 28 heavy (non-hydrogen) atoms. The molecule has 0 saturated carbocycles. The molecule has 0 amide bonds. The van der Waals surface area contributed by atoms with Crippen LogP contribution in [0, 0.1) is 11.2 Å². The topological polar surface area (TPSA) is 41.1 Å². The van der Waals surface area contributed by atoms with Gasteiger partial charge in [-0.3, -0.25) is 4.79 Å². The number of halogens is 2. The van der Waals surface area contributed by atoms with Gasteiger partial charge in [0.15, 0.2) is 5.78 Å². The molecule has 5 heteroatoms. The fraction of sp³-hybridized carbons (Fsp3) is 0.435. The molecule has 0 aliphatic carbocycles. The van der Waals surface area contributed by atoms with E-state index in [1.165, 1.54) is 17.2 Å². The largest absolute Gasteiger partial charge is 0.380 e. The van der Waals surface area contributed by atoms with Crippen LogP contribution in [0.15, 0.2) is 30.3 Å². The first-order valence-electron chi connectivity index (χ1n) is 9.81. The molecule has 0 aromatic heterocycles. The quantitative estimate of drug-likeness (QED) is 0.658. The van der Waals surface area contributed by atoms with Gasteiger partial charge in [0.05, 0.1) is 16.3 Å². The first kappa shape index (κ1) is 20.8. The van der Waals surface area contributed by atoms with Crippen LogP contribution >= 0.6 is 11.6 Å². The monoisotopic (exact) mass is 402 g/mol. The highest BCUT2D eigenvalue weighted by Gasteiger charge is 2.20. The average molecular weight is 403 g/mol. The number of hydrogen-bond donors (Lipinski definition) is 2. The van der Waals surface area contributed by atoms with Crippen molar-refractivity contribution in [1.29, 1.82) is 0 Å². The van der Waals surface area contributed by atoms with Gasteiger partial charge < -0.3 is 10.6 Å². The van der Waals surface area contributed by atoms with Gasteiger partial charge in [0, 0.05) is 13.0 Å². The Morgan fingerprint density at radius 1 is 1.18 bits per heavy atom. The molecule has 1 heterocycles. The maximum atomic E-state index is 14.5. The van der Waals surface area contributed by atoms with Crippen molar-refractivity contribution >= 4 is 23.1 Å². The van der Waals surface area contributed by atoms with Crippen molar-refractivity contribution in [2.75, 3.05) is 18.4 Å². The van der Waals surface area contributed by atoms with Crippen molar-refractivity contribution in [2.45, 2.75) is 46.6 Å². The summed E-state index contributed by atoms with van der Waals surface area (Å²) in [5, 5.41) is 7.47. The molecular formula is C23H28ClFN2O. The number of anilines is 1. The van der Waals surface area contributed by atoms with E-state index in [1.807, 2.05) is 32.9 Å². The number of Topliss-reactive ketones (excluding diaryl/α,β-unsaturated/α-hetero) is 1. The Labute approximate surface area is 171 Å². The third kappa shape index (κ3) is 5.12. The molecule has 0 radical (unpaired) electrons. The molecule has 0 saturated heterocycles. The molecule has 1 aliphatic heterocycles. The van der Waals surface area contributed by atoms with E-state index < -0.39 is 5.82 Å². The summed E-state index contributed by atoms with van der Waals surface area (Å²) in [6.45, 7) is 8.26. The highest BCUT2D eigenvalue weighted by atomic mass is 35.5. The molecule has 3 rings (SSSR count). The first-order valence-corrected chi connectivity index (χ1v) is 10.2. The molecule has 2 N–H and O–H groups in total. The van der Waals surface area contributed by atoms with Crippen molar-refractivity contribution in [2.24, 2.45) is 5.41 Å². The smallest absolute Gasteiger partial charge is 0.166 e. The molecule has 3 nitrogen and oxygen atoms in total. The second-order valence-electron chi connectivity index (χ2n) is 8.64. The SMILES string of the molecule is CC(C)(C)CC(=O)c1ccc(CNc2c(Cl)ccc3c2CCNCC3)cc1F. The molecule has 0 unspecified atom stereocenters. The number of benzene rings is 2. The highest BCUT2D eigenvalue weighted by Crippen LogP contribution is 2.31. The van der Waals surface area contributed by atoms with Gasteiger partial charge in [-0.05, 0) is 66.2 Å². The van der Waals surface area contributed by atoms with Crippen LogP contribution in [0.4, 0.5) is 10.1 Å². The first-order chi connectivity index (χ1) is 13.2. The summed E-state index contributed by atoms with van der Waals surface area (Å²) in [4.78, 5) is 12.3. The predicted molar refractivity (Wildman–Crippen MR) is 114 cm³/mol. The van der Waals surface area contributed by atoms with Gasteiger partial charge in [0.1, 0.15) is 5.82 Å². The van der Waals surface area contributed by atoms with Gasteiger partial charge in [0.25, 0.3) is 0 Å². The summed E-state index contributed by atoms with van der Waals surface area (Å²) in [5.74, 6) is -0.621. The minimum atomic E-state index is -0.462.